The predicted molar refractivity (Wildman–Crippen MR) is 81.1 cm³/mol. The van der Waals surface area contributed by atoms with Gasteiger partial charge in [-0.05, 0) is 37.5 Å². The van der Waals surface area contributed by atoms with Gasteiger partial charge in [0, 0.05) is 18.0 Å². The Bertz CT molecular complexity index is 611. The first kappa shape index (κ1) is 14.6. The lowest BCUT2D eigenvalue weighted by Gasteiger charge is -2.15. The van der Waals surface area contributed by atoms with Gasteiger partial charge in [0.25, 0.3) is 0 Å². The largest absolute Gasteiger partial charge is 0.491 e. The van der Waals surface area contributed by atoms with Crippen molar-refractivity contribution in [3.05, 3.63) is 29.6 Å². The van der Waals surface area contributed by atoms with E-state index in [0.717, 1.165) is 23.3 Å². The minimum atomic E-state index is -0.369. The number of hydrogen-bond donors (Lipinski definition) is 1. The highest BCUT2D eigenvalue weighted by atomic mass is 19.1. The quantitative estimate of drug-likeness (QED) is 0.882. The molecule has 3 nitrogen and oxygen atoms in total. The van der Waals surface area contributed by atoms with Crippen LogP contribution in [0.1, 0.15) is 39.2 Å². The maximum atomic E-state index is 13.9. The Kier molecular flexibility index (Phi) is 4.42. The summed E-state index contributed by atoms with van der Waals surface area (Å²) in [6.45, 7) is 9.35. The number of ether oxygens (including phenoxy) is 1. The molecule has 0 aliphatic rings. The number of aromatic nitrogens is 1. The molecule has 0 saturated heterocycles. The molecule has 0 bridgehead atoms. The summed E-state index contributed by atoms with van der Waals surface area (Å²) in [6.07, 6.45) is 0. The molecular formula is C16H21FN2O. The van der Waals surface area contributed by atoms with Crippen LogP contribution in [0.25, 0.3) is 10.9 Å². The third kappa shape index (κ3) is 2.84. The molecule has 20 heavy (non-hydrogen) atoms. The Morgan fingerprint density at radius 1 is 1.25 bits per heavy atom. The van der Waals surface area contributed by atoms with Gasteiger partial charge in [0.2, 0.25) is 0 Å². The highest BCUT2D eigenvalue weighted by Crippen LogP contribution is 2.30. The summed E-state index contributed by atoms with van der Waals surface area (Å²) in [7, 11) is 0. The summed E-state index contributed by atoms with van der Waals surface area (Å²) in [5.41, 5.74) is 1.78. The number of fused-ring (bicyclic) bond motifs is 1. The topological polar surface area (TPSA) is 34.2 Å². The summed E-state index contributed by atoms with van der Waals surface area (Å²) in [4.78, 5) is 4.54. The highest BCUT2D eigenvalue weighted by molar-refractivity contribution is 5.83. The van der Waals surface area contributed by atoms with Gasteiger partial charge in [-0.25, -0.2) is 9.37 Å². The van der Waals surface area contributed by atoms with Gasteiger partial charge in [0.1, 0.15) is 5.82 Å². The van der Waals surface area contributed by atoms with Gasteiger partial charge in [0.05, 0.1) is 12.1 Å². The fourth-order valence-corrected chi connectivity index (χ4v) is 2.21. The number of halogens is 1. The molecule has 0 saturated carbocycles. The third-order valence-electron chi connectivity index (χ3n) is 3.16. The van der Waals surface area contributed by atoms with E-state index in [0.29, 0.717) is 18.0 Å². The molecule has 1 heterocycles. The molecule has 0 atom stereocenters. The average molecular weight is 276 g/mol. The molecule has 0 radical (unpaired) electrons. The molecule has 0 fully saturated rings. The van der Waals surface area contributed by atoms with E-state index in [-0.39, 0.29) is 11.6 Å². The minimum Gasteiger partial charge on any atom is -0.491 e. The second kappa shape index (κ2) is 6.07. The van der Waals surface area contributed by atoms with E-state index in [2.05, 4.69) is 30.2 Å². The zero-order valence-corrected chi connectivity index (χ0v) is 12.5. The Morgan fingerprint density at radius 2 is 2.00 bits per heavy atom. The van der Waals surface area contributed by atoms with Crippen LogP contribution in [-0.4, -0.2) is 18.1 Å². The van der Waals surface area contributed by atoms with Crippen molar-refractivity contribution < 1.29 is 9.13 Å². The van der Waals surface area contributed by atoms with Crippen LogP contribution < -0.4 is 10.1 Å². The van der Waals surface area contributed by atoms with Crippen LogP contribution in [0.2, 0.25) is 0 Å². The summed E-state index contributed by atoms with van der Waals surface area (Å²) in [5, 5.41) is 4.15. The van der Waals surface area contributed by atoms with Crippen LogP contribution in [0.3, 0.4) is 0 Å². The summed E-state index contributed by atoms with van der Waals surface area (Å²) >= 11 is 0. The van der Waals surface area contributed by atoms with Crippen molar-refractivity contribution in [1.82, 2.24) is 4.98 Å². The third-order valence-corrected chi connectivity index (χ3v) is 3.16. The zero-order valence-electron chi connectivity index (χ0n) is 12.5. The van der Waals surface area contributed by atoms with E-state index in [1.807, 2.05) is 13.8 Å². The van der Waals surface area contributed by atoms with Crippen LogP contribution in [0, 0.1) is 5.82 Å². The number of nitrogens with zero attached hydrogens (tertiary/aromatic N) is 1. The second-order valence-corrected chi connectivity index (χ2v) is 5.02. The van der Waals surface area contributed by atoms with E-state index in [1.54, 1.807) is 6.07 Å². The van der Waals surface area contributed by atoms with Crippen LogP contribution >= 0.6 is 0 Å². The van der Waals surface area contributed by atoms with Gasteiger partial charge in [0.15, 0.2) is 11.6 Å². The summed E-state index contributed by atoms with van der Waals surface area (Å²) in [6, 6.07) is 5.22. The van der Waals surface area contributed by atoms with E-state index < -0.39 is 0 Å². The zero-order chi connectivity index (χ0) is 14.7. The lowest BCUT2D eigenvalue weighted by atomic mass is 10.0. The maximum absolute atomic E-state index is 13.9. The number of hydrogen-bond acceptors (Lipinski definition) is 3. The lowest BCUT2D eigenvalue weighted by molar-refractivity contribution is 0.322. The molecule has 108 valence electrons. The standard InChI is InChI=1S/C16H21FN2O/c1-5-18-16-12(10(3)4)7-11-8-15(20-6-2)13(17)9-14(11)19-16/h7-10H,5-6H2,1-4H3,(H,18,19). The number of nitrogens with one attached hydrogen (secondary N) is 1. The molecule has 0 unspecified atom stereocenters. The van der Waals surface area contributed by atoms with Crippen molar-refractivity contribution in [3.63, 3.8) is 0 Å². The van der Waals surface area contributed by atoms with Crippen molar-refractivity contribution in [2.24, 2.45) is 0 Å². The van der Waals surface area contributed by atoms with Gasteiger partial charge in [-0.2, -0.15) is 0 Å². The van der Waals surface area contributed by atoms with Crippen LogP contribution in [-0.2, 0) is 0 Å². The fourth-order valence-electron chi connectivity index (χ4n) is 2.21. The molecule has 0 amide bonds. The van der Waals surface area contributed by atoms with Gasteiger partial charge < -0.3 is 10.1 Å². The SMILES string of the molecule is CCNc1nc2cc(F)c(OCC)cc2cc1C(C)C. The van der Waals surface area contributed by atoms with Gasteiger partial charge in [-0.15, -0.1) is 0 Å². The van der Waals surface area contributed by atoms with Gasteiger partial charge in [-0.3, -0.25) is 0 Å². The monoisotopic (exact) mass is 276 g/mol. The fraction of sp³-hybridized carbons (Fsp3) is 0.438. The normalized spacial score (nSPS) is 11.1. The molecule has 4 heteroatoms. The van der Waals surface area contributed by atoms with E-state index >= 15 is 0 Å². The maximum Gasteiger partial charge on any atom is 0.167 e. The Morgan fingerprint density at radius 3 is 2.60 bits per heavy atom. The first-order valence-corrected chi connectivity index (χ1v) is 7.07. The van der Waals surface area contributed by atoms with Crippen molar-refractivity contribution >= 4 is 16.7 Å². The first-order chi connectivity index (χ1) is 9.56. The van der Waals surface area contributed by atoms with Crippen molar-refractivity contribution in [3.8, 4) is 5.75 Å². The molecule has 2 rings (SSSR count). The van der Waals surface area contributed by atoms with Crippen molar-refractivity contribution in [1.29, 1.82) is 0 Å². The van der Waals surface area contributed by atoms with Crippen molar-refractivity contribution in [2.45, 2.75) is 33.6 Å². The number of anilines is 1. The van der Waals surface area contributed by atoms with Crippen molar-refractivity contribution in [2.75, 3.05) is 18.5 Å². The number of rotatable bonds is 5. The molecule has 0 aliphatic heterocycles. The first-order valence-electron chi connectivity index (χ1n) is 7.07. The Hall–Kier alpha value is -1.84. The minimum absolute atomic E-state index is 0.285. The Balaban J connectivity index is 2.61. The van der Waals surface area contributed by atoms with Crippen LogP contribution in [0.15, 0.2) is 18.2 Å². The molecule has 1 aromatic heterocycles. The lowest BCUT2D eigenvalue weighted by Crippen LogP contribution is -2.05. The molecular weight excluding hydrogens is 255 g/mol. The predicted octanol–water partition coefficient (Wildman–Crippen LogP) is 4.33. The van der Waals surface area contributed by atoms with Crippen LogP contribution in [0.4, 0.5) is 10.2 Å². The summed E-state index contributed by atoms with van der Waals surface area (Å²) < 4.78 is 19.2. The van der Waals surface area contributed by atoms with Crippen LogP contribution in [0.5, 0.6) is 5.75 Å². The number of pyridine rings is 1. The van der Waals surface area contributed by atoms with Gasteiger partial charge in [-0.1, -0.05) is 13.8 Å². The van der Waals surface area contributed by atoms with E-state index in [4.69, 9.17) is 4.74 Å². The number of benzene rings is 1. The highest BCUT2D eigenvalue weighted by Gasteiger charge is 2.12. The Labute approximate surface area is 119 Å². The second-order valence-electron chi connectivity index (χ2n) is 5.02. The van der Waals surface area contributed by atoms with Gasteiger partial charge >= 0.3 is 0 Å². The summed E-state index contributed by atoms with van der Waals surface area (Å²) in [5.74, 6) is 1.10. The molecule has 1 aromatic carbocycles. The van der Waals surface area contributed by atoms with E-state index in [1.165, 1.54) is 6.07 Å². The molecule has 1 N–H and O–H groups in total. The average Bonchev–Trinajstić information content (AvgIpc) is 2.39. The van der Waals surface area contributed by atoms with E-state index in [9.17, 15) is 4.39 Å². The molecule has 2 aromatic rings. The molecule has 0 spiro atoms. The molecule has 0 aliphatic carbocycles. The smallest absolute Gasteiger partial charge is 0.167 e.